The molecule has 0 N–H and O–H groups in total. The standard InChI is InChI=1S/C74H46N2OS/c1-2-18-49(19-3-1)76-67-29-13-6-22-56(67)58-44-48(36-43-68(58)76)47-34-37-50(38-35-47)75(51-40-42-61-57(45-51)54-21-5-8-24-60(54)73(61)62-25-9-14-30-69(62)77-70-31-15-10-26-63(70)73)52-39-41-55-53-20-4-7-23-59(53)74(66(55)46-52)64-27-11-16-32-71(64)78-72-33-17-12-28-65(72)74/h1-46H. The summed E-state index contributed by atoms with van der Waals surface area (Å²) >= 11 is 1.88. The van der Waals surface area contributed by atoms with E-state index in [2.05, 4.69) is 289 Å². The summed E-state index contributed by atoms with van der Waals surface area (Å²) in [4.78, 5) is 5.08. The number of rotatable bonds is 5. The molecule has 2 spiro atoms. The van der Waals surface area contributed by atoms with Crippen molar-refractivity contribution in [3.05, 3.63) is 324 Å². The first-order valence-corrected chi connectivity index (χ1v) is 27.7. The predicted octanol–water partition coefficient (Wildman–Crippen LogP) is 19.2. The second-order valence-corrected chi connectivity index (χ2v) is 22.1. The highest BCUT2D eigenvalue weighted by Gasteiger charge is 2.52. The molecule has 1 aromatic heterocycles. The first-order valence-electron chi connectivity index (χ1n) is 26.9. The van der Waals surface area contributed by atoms with Crippen LogP contribution in [-0.4, -0.2) is 4.57 Å². The molecular weight excluding hydrogens is 965 g/mol. The Balaban J connectivity index is 0.882. The van der Waals surface area contributed by atoms with Gasteiger partial charge in [0.05, 0.1) is 21.9 Å². The van der Waals surface area contributed by atoms with Crippen LogP contribution in [0.25, 0.3) is 60.9 Å². The van der Waals surface area contributed by atoms with Crippen molar-refractivity contribution in [2.24, 2.45) is 0 Å². The van der Waals surface area contributed by atoms with Gasteiger partial charge in [0, 0.05) is 54.4 Å². The minimum atomic E-state index is -0.567. The van der Waals surface area contributed by atoms with E-state index in [9.17, 15) is 0 Å². The maximum Gasteiger partial charge on any atom is 0.132 e. The number of para-hydroxylation sites is 4. The summed E-state index contributed by atoms with van der Waals surface area (Å²) in [5, 5.41) is 2.48. The van der Waals surface area contributed by atoms with E-state index >= 15 is 0 Å². The van der Waals surface area contributed by atoms with Crippen LogP contribution in [0.1, 0.15) is 44.5 Å². The van der Waals surface area contributed by atoms with Crippen LogP contribution in [0.5, 0.6) is 11.5 Å². The maximum absolute atomic E-state index is 6.71. The monoisotopic (exact) mass is 1010 g/mol. The molecule has 364 valence electrons. The Morgan fingerprint density at radius 3 is 1.50 bits per heavy atom. The molecule has 17 rings (SSSR count). The van der Waals surface area contributed by atoms with E-state index in [1.165, 1.54) is 92.8 Å². The molecule has 0 radical (unpaired) electrons. The van der Waals surface area contributed by atoms with E-state index in [4.69, 9.17) is 4.74 Å². The van der Waals surface area contributed by atoms with Crippen LogP contribution < -0.4 is 9.64 Å². The summed E-state index contributed by atoms with van der Waals surface area (Å²) < 4.78 is 9.10. The molecule has 2 aliphatic carbocycles. The van der Waals surface area contributed by atoms with E-state index in [-0.39, 0.29) is 0 Å². The highest BCUT2D eigenvalue weighted by atomic mass is 32.2. The van der Waals surface area contributed by atoms with Crippen molar-refractivity contribution in [1.82, 2.24) is 4.57 Å². The molecule has 13 aromatic rings. The SMILES string of the molecule is c1ccc(-n2c3ccccc3c3cc(-c4ccc(N(c5ccc6c(c5)-c5ccccc5C65c6ccccc6Oc6ccccc65)c5ccc6c(c5)C5(c7ccccc7Sc7ccccc75)c5ccccc5-6)cc4)ccc32)cc1. The van der Waals surface area contributed by atoms with Crippen molar-refractivity contribution in [1.29, 1.82) is 0 Å². The lowest BCUT2D eigenvalue weighted by Gasteiger charge is -2.40. The Morgan fingerprint density at radius 2 is 0.795 bits per heavy atom. The normalized spacial score (nSPS) is 14.2. The average molecular weight is 1010 g/mol. The Kier molecular flexibility index (Phi) is 9.20. The maximum atomic E-state index is 6.71. The van der Waals surface area contributed by atoms with E-state index in [1.54, 1.807) is 0 Å². The Morgan fingerprint density at radius 1 is 0.308 bits per heavy atom. The third-order valence-electron chi connectivity index (χ3n) is 17.3. The Bertz CT molecular complexity index is 4560. The van der Waals surface area contributed by atoms with Gasteiger partial charge in [0.15, 0.2) is 0 Å². The van der Waals surface area contributed by atoms with Gasteiger partial charge >= 0.3 is 0 Å². The first kappa shape index (κ1) is 43.6. The lowest BCUT2D eigenvalue weighted by Crippen LogP contribution is -2.32. The van der Waals surface area contributed by atoms with Crippen molar-refractivity contribution >= 4 is 50.6 Å². The van der Waals surface area contributed by atoms with Crippen molar-refractivity contribution in [3.63, 3.8) is 0 Å². The van der Waals surface area contributed by atoms with Gasteiger partial charge in [-0.25, -0.2) is 0 Å². The van der Waals surface area contributed by atoms with Gasteiger partial charge in [-0.2, -0.15) is 0 Å². The number of fused-ring (bicyclic) bond motifs is 21. The van der Waals surface area contributed by atoms with Crippen LogP contribution in [-0.2, 0) is 10.8 Å². The molecule has 78 heavy (non-hydrogen) atoms. The van der Waals surface area contributed by atoms with Gasteiger partial charge < -0.3 is 14.2 Å². The van der Waals surface area contributed by atoms with Gasteiger partial charge in [0.25, 0.3) is 0 Å². The second-order valence-electron chi connectivity index (χ2n) is 21.0. The molecule has 12 aromatic carbocycles. The molecule has 0 atom stereocenters. The summed E-state index contributed by atoms with van der Waals surface area (Å²) in [6, 6.07) is 104. The highest BCUT2D eigenvalue weighted by molar-refractivity contribution is 7.99. The first-order chi connectivity index (χ1) is 38.7. The smallest absolute Gasteiger partial charge is 0.132 e. The molecule has 0 fully saturated rings. The summed E-state index contributed by atoms with van der Waals surface area (Å²) in [6.07, 6.45) is 0. The third kappa shape index (κ3) is 5.84. The number of benzene rings is 12. The zero-order valence-corrected chi connectivity index (χ0v) is 43.1. The molecule has 0 saturated heterocycles. The zero-order valence-electron chi connectivity index (χ0n) is 42.3. The summed E-state index contributed by atoms with van der Waals surface area (Å²) in [5.74, 6) is 1.78. The van der Waals surface area contributed by atoms with Crippen LogP contribution in [0.15, 0.2) is 289 Å². The summed E-state index contributed by atoms with van der Waals surface area (Å²) in [7, 11) is 0. The van der Waals surface area contributed by atoms with Crippen LogP contribution in [0.3, 0.4) is 0 Å². The molecule has 3 nitrogen and oxygen atoms in total. The summed E-state index contributed by atoms with van der Waals surface area (Å²) in [5.41, 5.74) is 23.2. The van der Waals surface area contributed by atoms with E-state index < -0.39 is 10.8 Å². The van der Waals surface area contributed by atoms with Gasteiger partial charge in [0.1, 0.15) is 11.5 Å². The van der Waals surface area contributed by atoms with Crippen LogP contribution in [0.4, 0.5) is 17.1 Å². The molecule has 0 amide bonds. The van der Waals surface area contributed by atoms with Gasteiger partial charge in [-0.3, -0.25) is 0 Å². The van der Waals surface area contributed by atoms with E-state index in [0.29, 0.717) is 0 Å². The largest absolute Gasteiger partial charge is 0.457 e. The molecule has 3 heterocycles. The fourth-order valence-corrected chi connectivity index (χ4v) is 15.4. The van der Waals surface area contributed by atoms with Crippen LogP contribution in [0, 0.1) is 0 Å². The van der Waals surface area contributed by atoms with Gasteiger partial charge in [-0.15, -0.1) is 0 Å². The topological polar surface area (TPSA) is 17.4 Å². The number of anilines is 3. The van der Waals surface area contributed by atoms with E-state index in [1.807, 2.05) is 11.8 Å². The molecule has 0 bridgehead atoms. The van der Waals surface area contributed by atoms with Crippen LogP contribution in [0.2, 0.25) is 0 Å². The number of ether oxygens (including phenoxy) is 1. The fraction of sp³-hybridized carbons (Fsp3) is 0.0270. The van der Waals surface area contributed by atoms with Crippen molar-refractivity contribution < 1.29 is 4.74 Å². The predicted molar refractivity (Wildman–Crippen MR) is 320 cm³/mol. The number of nitrogens with zero attached hydrogens (tertiary/aromatic N) is 2. The minimum Gasteiger partial charge on any atom is -0.457 e. The highest BCUT2D eigenvalue weighted by Crippen LogP contribution is 2.65. The van der Waals surface area contributed by atoms with E-state index in [0.717, 1.165) is 50.9 Å². The minimum absolute atomic E-state index is 0.523. The number of hydrogen-bond donors (Lipinski definition) is 0. The molecule has 2 aliphatic heterocycles. The second kappa shape index (κ2) is 16.4. The lowest BCUT2D eigenvalue weighted by atomic mass is 9.66. The quantitative estimate of drug-likeness (QED) is 0.171. The molecule has 0 unspecified atom stereocenters. The molecule has 0 saturated carbocycles. The average Bonchev–Trinajstić information content (AvgIpc) is 3.49. The molecule has 4 aliphatic rings. The van der Waals surface area contributed by atoms with Gasteiger partial charge in [0.2, 0.25) is 0 Å². The lowest BCUT2D eigenvalue weighted by molar-refractivity contribution is 0.436. The fourth-order valence-electron chi connectivity index (χ4n) is 14.2. The number of aromatic nitrogens is 1. The third-order valence-corrected chi connectivity index (χ3v) is 18.5. The number of hydrogen-bond acceptors (Lipinski definition) is 3. The Hall–Kier alpha value is -9.61. The van der Waals surface area contributed by atoms with Crippen molar-refractivity contribution in [2.75, 3.05) is 4.90 Å². The summed E-state index contributed by atoms with van der Waals surface area (Å²) in [6.45, 7) is 0. The Labute approximate surface area is 456 Å². The van der Waals surface area contributed by atoms with Crippen molar-refractivity contribution in [3.8, 4) is 50.6 Å². The van der Waals surface area contributed by atoms with Crippen LogP contribution >= 0.6 is 11.8 Å². The van der Waals surface area contributed by atoms with Gasteiger partial charge in [-0.05, 0) is 158 Å². The van der Waals surface area contributed by atoms with Gasteiger partial charge in [-0.1, -0.05) is 200 Å². The molecular formula is C74H46N2OS. The molecule has 4 heteroatoms. The van der Waals surface area contributed by atoms with Crippen molar-refractivity contribution in [2.45, 2.75) is 20.6 Å². The zero-order chi connectivity index (χ0) is 51.1.